The summed E-state index contributed by atoms with van der Waals surface area (Å²) in [5.74, 6) is -0.765. The van der Waals surface area contributed by atoms with Crippen molar-refractivity contribution in [3.8, 4) is 28.6 Å². The Morgan fingerprint density at radius 3 is 2.28 bits per heavy atom. The smallest absolute Gasteiger partial charge is 0.203 e. The highest BCUT2D eigenvalue weighted by Gasteiger charge is 2.46. The Bertz CT molecular complexity index is 1180. The van der Waals surface area contributed by atoms with Gasteiger partial charge in [-0.3, -0.25) is 4.79 Å². The van der Waals surface area contributed by atoms with Crippen LogP contribution in [0.4, 0.5) is 0 Å². The zero-order valence-electron chi connectivity index (χ0n) is 16.9. The second-order valence-corrected chi connectivity index (χ2v) is 7.46. The molecule has 2 heterocycles. The van der Waals surface area contributed by atoms with Crippen LogP contribution < -0.4 is 10.2 Å². The van der Waals surface area contributed by atoms with E-state index in [1.165, 1.54) is 13.2 Å². The maximum atomic E-state index is 13.5. The summed E-state index contributed by atoms with van der Waals surface area (Å²) in [5, 5.41) is 60.3. The third kappa shape index (κ3) is 3.48. The van der Waals surface area contributed by atoms with Crippen LogP contribution in [0, 0.1) is 0 Å². The van der Waals surface area contributed by atoms with Crippen LogP contribution in [0.25, 0.3) is 22.3 Å². The van der Waals surface area contributed by atoms with Crippen molar-refractivity contribution in [3.63, 3.8) is 0 Å². The molecule has 10 heteroatoms. The first kappa shape index (κ1) is 22.1. The van der Waals surface area contributed by atoms with E-state index in [4.69, 9.17) is 13.9 Å². The van der Waals surface area contributed by atoms with Crippen molar-refractivity contribution >= 4 is 11.0 Å². The molecule has 1 unspecified atom stereocenters. The fraction of sp³-hybridized carbons (Fsp3) is 0.318. The van der Waals surface area contributed by atoms with Gasteiger partial charge in [-0.05, 0) is 36.4 Å². The van der Waals surface area contributed by atoms with Gasteiger partial charge in [-0.15, -0.1) is 0 Å². The first-order chi connectivity index (χ1) is 15.3. The predicted molar refractivity (Wildman–Crippen MR) is 111 cm³/mol. The Morgan fingerprint density at radius 2 is 1.66 bits per heavy atom. The molecule has 0 saturated carbocycles. The minimum atomic E-state index is -1.76. The molecule has 170 valence electrons. The Hall–Kier alpha value is -3.15. The summed E-state index contributed by atoms with van der Waals surface area (Å²) < 4.78 is 16.6. The minimum absolute atomic E-state index is 0.0282. The fourth-order valence-corrected chi connectivity index (χ4v) is 3.82. The normalized spacial score (nSPS) is 25.7. The molecule has 0 amide bonds. The first-order valence-electron chi connectivity index (χ1n) is 9.75. The molecule has 10 nitrogen and oxygen atoms in total. The lowest BCUT2D eigenvalue weighted by atomic mass is 9.89. The largest absolute Gasteiger partial charge is 0.504 e. The monoisotopic (exact) mass is 446 g/mol. The maximum absolute atomic E-state index is 13.5. The molecule has 0 spiro atoms. The lowest BCUT2D eigenvalue weighted by Crippen LogP contribution is -2.55. The van der Waals surface area contributed by atoms with Crippen molar-refractivity contribution in [2.75, 3.05) is 13.7 Å². The van der Waals surface area contributed by atoms with Crippen LogP contribution in [0.15, 0.2) is 45.6 Å². The van der Waals surface area contributed by atoms with Gasteiger partial charge in [0, 0.05) is 5.56 Å². The number of aliphatic hydroxyl groups excluding tert-OH is 4. The molecule has 1 aromatic heterocycles. The molecule has 0 radical (unpaired) electrons. The zero-order valence-corrected chi connectivity index (χ0v) is 16.9. The third-order valence-corrected chi connectivity index (χ3v) is 5.58. The van der Waals surface area contributed by atoms with Gasteiger partial charge in [0.15, 0.2) is 11.5 Å². The predicted octanol–water partition coefficient (Wildman–Crippen LogP) is 0.395. The number of fused-ring (bicyclic) bond motifs is 1. The third-order valence-electron chi connectivity index (χ3n) is 5.58. The van der Waals surface area contributed by atoms with Crippen LogP contribution in [0.2, 0.25) is 0 Å². The number of methoxy groups -OCH3 is 1. The van der Waals surface area contributed by atoms with Crippen LogP contribution in [-0.4, -0.2) is 68.8 Å². The highest BCUT2D eigenvalue weighted by Crippen LogP contribution is 2.40. The summed E-state index contributed by atoms with van der Waals surface area (Å²) in [7, 11) is 1.49. The molecule has 1 aliphatic rings. The van der Waals surface area contributed by atoms with E-state index in [9.17, 15) is 35.4 Å². The Balaban J connectivity index is 2.01. The molecule has 6 N–H and O–H groups in total. The van der Waals surface area contributed by atoms with Crippen LogP contribution in [0.1, 0.15) is 11.7 Å². The highest BCUT2D eigenvalue weighted by atomic mass is 16.5. The van der Waals surface area contributed by atoms with E-state index in [-0.39, 0.29) is 22.3 Å². The van der Waals surface area contributed by atoms with Gasteiger partial charge in [0.05, 0.1) is 19.3 Å². The number of phenolic OH excluding ortho intramolecular Hbond substituents is 2. The van der Waals surface area contributed by atoms with E-state index in [0.717, 1.165) is 6.07 Å². The number of phenols is 2. The molecule has 1 fully saturated rings. The Labute approximate surface area is 181 Å². The molecule has 0 bridgehead atoms. The van der Waals surface area contributed by atoms with Crippen molar-refractivity contribution in [1.29, 1.82) is 0 Å². The summed E-state index contributed by atoms with van der Waals surface area (Å²) in [6.45, 7) is -0.690. The topological polar surface area (TPSA) is 170 Å². The number of aromatic hydroxyl groups is 2. The van der Waals surface area contributed by atoms with Crippen molar-refractivity contribution in [2.24, 2.45) is 0 Å². The number of ether oxygens (including phenoxy) is 2. The van der Waals surface area contributed by atoms with Gasteiger partial charge in [0.1, 0.15) is 53.0 Å². The average molecular weight is 446 g/mol. The zero-order chi connectivity index (χ0) is 23.2. The van der Waals surface area contributed by atoms with E-state index in [0.29, 0.717) is 11.3 Å². The number of rotatable bonds is 4. The van der Waals surface area contributed by atoms with Crippen molar-refractivity contribution in [2.45, 2.75) is 30.5 Å². The molecule has 3 aromatic rings. The quantitative estimate of drug-likeness (QED) is 0.308. The highest BCUT2D eigenvalue weighted by molar-refractivity contribution is 5.88. The van der Waals surface area contributed by atoms with Gasteiger partial charge in [-0.25, -0.2) is 0 Å². The van der Waals surface area contributed by atoms with Crippen LogP contribution in [0.3, 0.4) is 0 Å². The van der Waals surface area contributed by atoms with Crippen molar-refractivity contribution < 1.29 is 44.5 Å². The van der Waals surface area contributed by atoms with Crippen LogP contribution >= 0.6 is 0 Å². The molecular weight excluding hydrogens is 424 g/mol. The average Bonchev–Trinajstić information content (AvgIpc) is 2.80. The van der Waals surface area contributed by atoms with Crippen LogP contribution in [0.5, 0.6) is 17.2 Å². The summed E-state index contributed by atoms with van der Waals surface area (Å²) in [6.07, 6.45) is -7.91. The van der Waals surface area contributed by atoms with Gasteiger partial charge in [0.2, 0.25) is 5.43 Å². The molecular formula is C22H22O10. The van der Waals surface area contributed by atoms with E-state index in [1.54, 1.807) is 24.3 Å². The van der Waals surface area contributed by atoms with Crippen molar-refractivity contribution in [1.82, 2.24) is 0 Å². The number of aliphatic hydroxyl groups is 4. The Kier molecular flexibility index (Phi) is 5.80. The molecule has 5 atom stereocenters. The molecule has 1 saturated heterocycles. The minimum Gasteiger partial charge on any atom is -0.504 e. The standard InChI is InChI=1S/C22H22O10/c1-30-10-4-2-9(3-5-10)21-15(22-20(29)19(28)17(26)13(8-23)32-22)18(27)14-12(31-21)7-6-11(24)16(14)25/h2-7,13,17,19-20,22-26,28-29H,8H2,1H3/t13-,17-,19+,20-,22?/m1/s1. The maximum Gasteiger partial charge on any atom is 0.203 e. The van der Waals surface area contributed by atoms with Gasteiger partial charge < -0.3 is 44.5 Å². The SMILES string of the molecule is COc1ccc(-c2oc3ccc(O)c(O)c3c(=O)c2C2O[C@H](CO)[C@@H](O)[C@H](O)[C@H]2O)cc1. The van der Waals surface area contributed by atoms with Gasteiger partial charge in [-0.2, -0.15) is 0 Å². The summed E-state index contributed by atoms with van der Waals surface area (Å²) in [5.41, 5.74) is -0.732. The fourth-order valence-electron chi connectivity index (χ4n) is 3.82. The summed E-state index contributed by atoms with van der Waals surface area (Å²) in [6, 6.07) is 8.88. The van der Waals surface area contributed by atoms with E-state index >= 15 is 0 Å². The first-order valence-corrected chi connectivity index (χ1v) is 9.75. The van der Waals surface area contributed by atoms with Gasteiger partial charge >= 0.3 is 0 Å². The van der Waals surface area contributed by atoms with Gasteiger partial charge in [0.25, 0.3) is 0 Å². The second kappa shape index (κ2) is 8.41. The van der Waals surface area contributed by atoms with Crippen LogP contribution in [-0.2, 0) is 4.74 Å². The van der Waals surface area contributed by atoms with E-state index in [2.05, 4.69) is 0 Å². The Morgan fingerprint density at radius 1 is 0.969 bits per heavy atom. The molecule has 4 rings (SSSR count). The molecule has 32 heavy (non-hydrogen) atoms. The summed E-state index contributed by atoms with van der Waals surface area (Å²) >= 11 is 0. The number of benzene rings is 2. The molecule has 0 aliphatic carbocycles. The van der Waals surface area contributed by atoms with E-state index < -0.39 is 54.1 Å². The van der Waals surface area contributed by atoms with Crippen molar-refractivity contribution in [3.05, 3.63) is 52.2 Å². The number of hydrogen-bond acceptors (Lipinski definition) is 10. The second-order valence-electron chi connectivity index (χ2n) is 7.46. The van der Waals surface area contributed by atoms with Gasteiger partial charge in [-0.1, -0.05) is 0 Å². The number of hydrogen-bond donors (Lipinski definition) is 6. The molecule has 1 aliphatic heterocycles. The lowest BCUT2D eigenvalue weighted by Gasteiger charge is -2.40. The lowest BCUT2D eigenvalue weighted by molar-refractivity contribution is -0.232. The van der Waals surface area contributed by atoms with E-state index in [1.807, 2.05) is 0 Å². The molecule has 2 aromatic carbocycles. The summed E-state index contributed by atoms with van der Waals surface area (Å²) in [4.78, 5) is 13.5.